The topological polar surface area (TPSA) is 62.2 Å². The molecule has 1 atom stereocenters. The Morgan fingerprint density at radius 2 is 2.33 bits per heavy atom. The van der Waals surface area contributed by atoms with E-state index in [0.29, 0.717) is 5.13 Å². The highest BCUT2D eigenvalue weighted by Gasteiger charge is 2.29. The third kappa shape index (κ3) is 3.10. The minimum atomic E-state index is -0.185. The zero-order chi connectivity index (χ0) is 14.7. The number of hydrogen-bond acceptors (Lipinski definition) is 5. The lowest BCUT2D eigenvalue weighted by Crippen LogP contribution is -2.20. The van der Waals surface area contributed by atoms with Gasteiger partial charge in [0.2, 0.25) is 5.91 Å². The Morgan fingerprint density at radius 1 is 1.48 bits per heavy atom. The predicted molar refractivity (Wildman–Crippen MR) is 84.6 cm³/mol. The molecule has 0 fully saturated rings. The smallest absolute Gasteiger partial charge is 0.234 e. The number of aliphatic hydroxyl groups is 1. The van der Waals surface area contributed by atoms with Crippen LogP contribution < -0.4 is 5.32 Å². The Hall–Kier alpha value is -1.81. The summed E-state index contributed by atoms with van der Waals surface area (Å²) in [4.78, 5) is 18.4. The normalized spacial score (nSPS) is 16.0. The van der Waals surface area contributed by atoms with Gasteiger partial charge in [-0.3, -0.25) is 4.79 Å². The van der Waals surface area contributed by atoms with Crippen LogP contribution in [0.5, 0.6) is 0 Å². The van der Waals surface area contributed by atoms with Crippen molar-refractivity contribution >= 4 is 34.1 Å². The second kappa shape index (κ2) is 6.31. The maximum absolute atomic E-state index is 12.4. The lowest BCUT2D eigenvalue weighted by molar-refractivity contribution is -0.117. The summed E-state index contributed by atoms with van der Waals surface area (Å²) in [6.07, 6.45) is 1.60. The van der Waals surface area contributed by atoms with Crippen LogP contribution in [0.15, 0.2) is 35.4 Å². The standard InChI is InChI=1S/C15H12N2O2S2/c18-7-3-4-10-8-16-15(21-10)17-14(19)12-9-20-13-6-2-1-5-11(12)13/h1-2,5-6,8,12,18H,7,9H2,(H,16,17,19). The summed E-state index contributed by atoms with van der Waals surface area (Å²) in [7, 11) is 0. The highest BCUT2D eigenvalue weighted by molar-refractivity contribution is 7.99. The molecule has 1 amide bonds. The quantitative estimate of drug-likeness (QED) is 0.835. The maximum Gasteiger partial charge on any atom is 0.234 e. The van der Waals surface area contributed by atoms with E-state index in [2.05, 4.69) is 22.1 Å². The molecule has 1 aromatic heterocycles. The number of hydrogen-bond donors (Lipinski definition) is 2. The highest BCUT2D eigenvalue weighted by atomic mass is 32.2. The van der Waals surface area contributed by atoms with Gasteiger partial charge in [0.25, 0.3) is 0 Å². The molecule has 3 rings (SSSR count). The van der Waals surface area contributed by atoms with Crippen molar-refractivity contribution in [3.8, 4) is 11.8 Å². The summed E-state index contributed by atoms with van der Waals surface area (Å²) in [6, 6.07) is 7.98. The van der Waals surface area contributed by atoms with Gasteiger partial charge in [-0.1, -0.05) is 41.4 Å². The first-order valence-electron chi connectivity index (χ1n) is 6.36. The molecule has 6 heteroatoms. The van der Waals surface area contributed by atoms with Crippen molar-refractivity contribution in [2.75, 3.05) is 17.7 Å². The van der Waals surface area contributed by atoms with Crippen LogP contribution in [-0.2, 0) is 4.79 Å². The van der Waals surface area contributed by atoms with E-state index >= 15 is 0 Å². The van der Waals surface area contributed by atoms with Gasteiger partial charge in [-0.15, -0.1) is 11.8 Å². The van der Waals surface area contributed by atoms with Gasteiger partial charge >= 0.3 is 0 Å². The molecular weight excluding hydrogens is 304 g/mol. The lowest BCUT2D eigenvalue weighted by Gasteiger charge is -2.09. The molecule has 1 aliphatic heterocycles. The number of carbonyl (C=O) groups is 1. The van der Waals surface area contributed by atoms with Crippen molar-refractivity contribution in [2.24, 2.45) is 0 Å². The zero-order valence-corrected chi connectivity index (χ0v) is 12.6. The Morgan fingerprint density at radius 3 is 3.19 bits per heavy atom. The van der Waals surface area contributed by atoms with Gasteiger partial charge in [0.1, 0.15) is 6.61 Å². The third-order valence-electron chi connectivity index (χ3n) is 3.04. The number of thiazole rings is 1. The summed E-state index contributed by atoms with van der Waals surface area (Å²) in [6.45, 7) is -0.185. The highest BCUT2D eigenvalue weighted by Crippen LogP contribution is 2.39. The lowest BCUT2D eigenvalue weighted by atomic mass is 10.0. The van der Waals surface area contributed by atoms with Crippen LogP contribution in [0, 0.1) is 11.8 Å². The number of rotatable bonds is 2. The Labute approximate surface area is 130 Å². The van der Waals surface area contributed by atoms with E-state index in [4.69, 9.17) is 5.11 Å². The molecule has 2 aromatic rings. The van der Waals surface area contributed by atoms with Crippen molar-refractivity contribution < 1.29 is 9.90 Å². The van der Waals surface area contributed by atoms with E-state index in [0.717, 1.165) is 16.2 Å². The molecule has 0 bridgehead atoms. The van der Waals surface area contributed by atoms with E-state index in [-0.39, 0.29) is 18.4 Å². The van der Waals surface area contributed by atoms with E-state index in [9.17, 15) is 4.79 Å². The van der Waals surface area contributed by atoms with Crippen LogP contribution in [0.2, 0.25) is 0 Å². The summed E-state index contributed by atoms with van der Waals surface area (Å²) in [5.41, 5.74) is 1.08. The van der Waals surface area contributed by atoms with Crippen molar-refractivity contribution in [3.63, 3.8) is 0 Å². The number of benzene rings is 1. The molecule has 106 valence electrons. The van der Waals surface area contributed by atoms with Crippen molar-refractivity contribution in [3.05, 3.63) is 40.9 Å². The summed E-state index contributed by atoms with van der Waals surface area (Å²) in [5, 5.41) is 12.0. The van der Waals surface area contributed by atoms with Gasteiger partial charge in [-0.2, -0.15) is 0 Å². The molecule has 2 N–H and O–H groups in total. The van der Waals surface area contributed by atoms with Gasteiger partial charge in [0.15, 0.2) is 5.13 Å². The molecule has 0 saturated heterocycles. The number of carbonyl (C=O) groups excluding carboxylic acids is 1. The van der Waals surface area contributed by atoms with Gasteiger partial charge < -0.3 is 10.4 Å². The fourth-order valence-electron chi connectivity index (χ4n) is 2.09. The number of aromatic nitrogens is 1. The number of amides is 1. The molecule has 4 nitrogen and oxygen atoms in total. The third-order valence-corrected chi connectivity index (χ3v) is 5.05. The molecule has 0 radical (unpaired) electrons. The largest absolute Gasteiger partial charge is 0.384 e. The average molecular weight is 316 g/mol. The first-order chi connectivity index (χ1) is 10.3. The molecular formula is C15H12N2O2S2. The Balaban J connectivity index is 1.71. The van der Waals surface area contributed by atoms with Crippen molar-refractivity contribution in [1.82, 2.24) is 4.98 Å². The predicted octanol–water partition coefficient (Wildman–Crippen LogP) is 2.31. The van der Waals surface area contributed by atoms with Crippen LogP contribution in [0.3, 0.4) is 0 Å². The molecule has 0 spiro atoms. The number of thioether (sulfide) groups is 1. The minimum absolute atomic E-state index is 0.0385. The Kier molecular flexibility index (Phi) is 4.25. The monoisotopic (exact) mass is 316 g/mol. The number of fused-ring (bicyclic) bond motifs is 1. The Bertz CT molecular complexity index is 731. The molecule has 1 aromatic carbocycles. The molecule has 1 unspecified atom stereocenters. The van der Waals surface area contributed by atoms with Gasteiger partial charge in [-0.05, 0) is 11.6 Å². The van der Waals surface area contributed by atoms with Gasteiger partial charge in [0, 0.05) is 10.6 Å². The van der Waals surface area contributed by atoms with Gasteiger partial charge in [-0.25, -0.2) is 4.98 Å². The van der Waals surface area contributed by atoms with Crippen LogP contribution in [0.25, 0.3) is 0 Å². The molecule has 0 aliphatic carbocycles. The van der Waals surface area contributed by atoms with E-state index in [1.165, 1.54) is 16.2 Å². The van der Waals surface area contributed by atoms with Crippen LogP contribution in [0.4, 0.5) is 5.13 Å². The average Bonchev–Trinajstić information content (AvgIpc) is 3.11. The number of anilines is 1. The SMILES string of the molecule is O=C(Nc1ncc(C#CCO)s1)C1CSc2ccccc21. The van der Waals surface area contributed by atoms with Crippen LogP contribution in [-0.4, -0.2) is 28.4 Å². The van der Waals surface area contributed by atoms with Crippen molar-refractivity contribution in [2.45, 2.75) is 10.8 Å². The first kappa shape index (κ1) is 14.1. The molecule has 21 heavy (non-hydrogen) atoms. The van der Waals surface area contributed by atoms with Gasteiger partial charge in [0.05, 0.1) is 17.0 Å². The number of nitrogens with one attached hydrogen (secondary N) is 1. The van der Waals surface area contributed by atoms with Crippen LogP contribution in [0.1, 0.15) is 16.4 Å². The van der Waals surface area contributed by atoms with E-state index < -0.39 is 0 Å². The second-order valence-electron chi connectivity index (χ2n) is 4.38. The fourth-order valence-corrected chi connectivity index (χ4v) is 4.01. The summed E-state index contributed by atoms with van der Waals surface area (Å²) < 4.78 is 0. The molecule has 1 aliphatic rings. The van der Waals surface area contributed by atoms with E-state index in [1.54, 1.807) is 18.0 Å². The van der Waals surface area contributed by atoms with Crippen LogP contribution >= 0.6 is 23.1 Å². The second-order valence-corrected chi connectivity index (χ2v) is 6.47. The molecule has 0 saturated carbocycles. The van der Waals surface area contributed by atoms with E-state index in [1.807, 2.05) is 24.3 Å². The summed E-state index contributed by atoms with van der Waals surface area (Å²) >= 11 is 3.01. The summed E-state index contributed by atoms with van der Waals surface area (Å²) in [5.74, 6) is 5.92. The number of nitrogens with zero attached hydrogens (tertiary/aromatic N) is 1. The molecule has 2 heterocycles. The zero-order valence-electron chi connectivity index (χ0n) is 11.0. The van der Waals surface area contributed by atoms with Crippen molar-refractivity contribution in [1.29, 1.82) is 0 Å². The first-order valence-corrected chi connectivity index (χ1v) is 8.16. The number of aliphatic hydroxyl groups excluding tert-OH is 1. The fraction of sp³-hybridized carbons (Fsp3) is 0.200. The maximum atomic E-state index is 12.4. The minimum Gasteiger partial charge on any atom is -0.384 e.